The first-order valence-corrected chi connectivity index (χ1v) is 8.53. The van der Waals surface area contributed by atoms with Crippen LogP contribution in [0.1, 0.15) is 27.2 Å². The van der Waals surface area contributed by atoms with Crippen molar-refractivity contribution >= 4 is 23.6 Å². The van der Waals surface area contributed by atoms with Crippen LogP contribution < -0.4 is 10.6 Å². The zero-order valence-electron chi connectivity index (χ0n) is 15.2. The second-order valence-corrected chi connectivity index (χ2v) is 6.17. The van der Waals surface area contributed by atoms with Gasteiger partial charge in [-0.1, -0.05) is 35.9 Å². The summed E-state index contributed by atoms with van der Waals surface area (Å²) in [6.45, 7) is 3.80. The fourth-order valence-electron chi connectivity index (χ4n) is 2.56. The number of anilines is 1. The molecule has 2 aromatic carbocycles. The molecule has 5 heteroatoms. The highest BCUT2D eigenvalue weighted by molar-refractivity contribution is 6.10. The second kappa shape index (κ2) is 8.19. The minimum Gasteiger partial charge on any atom is -0.465 e. The van der Waals surface area contributed by atoms with Gasteiger partial charge in [0.1, 0.15) is 11.5 Å². The van der Waals surface area contributed by atoms with Crippen molar-refractivity contribution in [1.82, 2.24) is 5.32 Å². The number of hydrogen-bond donors (Lipinski definition) is 2. The fourth-order valence-corrected chi connectivity index (χ4v) is 2.56. The van der Waals surface area contributed by atoms with Gasteiger partial charge in [-0.2, -0.15) is 0 Å². The van der Waals surface area contributed by atoms with Gasteiger partial charge in [0.2, 0.25) is 0 Å². The van der Waals surface area contributed by atoms with Crippen molar-refractivity contribution in [1.29, 1.82) is 0 Å². The number of nitrogens with one attached hydrogen (secondary N) is 2. The highest BCUT2D eigenvalue weighted by Crippen LogP contribution is 2.15. The minimum absolute atomic E-state index is 0.0970. The maximum Gasteiger partial charge on any atom is 0.272 e. The van der Waals surface area contributed by atoms with Crippen molar-refractivity contribution < 1.29 is 14.0 Å². The normalized spacial score (nSPS) is 11.1. The van der Waals surface area contributed by atoms with E-state index in [1.807, 2.05) is 38.1 Å². The van der Waals surface area contributed by atoms with Crippen LogP contribution in [0.4, 0.5) is 5.69 Å². The Labute approximate surface area is 157 Å². The molecule has 27 heavy (non-hydrogen) atoms. The first-order chi connectivity index (χ1) is 13.0. The van der Waals surface area contributed by atoms with Crippen LogP contribution in [0.15, 0.2) is 77.0 Å². The second-order valence-electron chi connectivity index (χ2n) is 6.17. The van der Waals surface area contributed by atoms with Crippen LogP contribution in [-0.2, 0) is 4.79 Å². The van der Waals surface area contributed by atoms with E-state index in [9.17, 15) is 9.59 Å². The summed E-state index contributed by atoms with van der Waals surface area (Å²) < 4.78 is 5.29. The van der Waals surface area contributed by atoms with E-state index < -0.39 is 5.91 Å². The number of hydrogen-bond acceptors (Lipinski definition) is 3. The molecule has 0 fully saturated rings. The molecule has 0 radical (unpaired) electrons. The molecule has 0 aliphatic carbocycles. The van der Waals surface area contributed by atoms with E-state index in [4.69, 9.17) is 4.42 Å². The van der Waals surface area contributed by atoms with Crippen LogP contribution in [0.2, 0.25) is 0 Å². The Balaban J connectivity index is 1.86. The largest absolute Gasteiger partial charge is 0.465 e. The monoisotopic (exact) mass is 360 g/mol. The van der Waals surface area contributed by atoms with Gasteiger partial charge < -0.3 is 15.1 Å². The van der Waals surface area contributed by atoms with Crippen molar-refractivity contribution in [2.24, 2.45) is 0 Å². The molecule has 0 spiro atoms. The molecule has 0 unspecified atom stereocenters. The van der Waals surface area contributed by atoms with Crippen molar-refractivity contribution in [3.8, 4) is 0 Å². The predicted molar refractivity (Wildman–Crippen MR) is 105 cm³/mol. The molecular weight excluding hydrogens is 340 g/mol. The molecule has 2 N–H and O–H groups in total. The fraction of sp³-hybridized carbons (Fsp3) is 0.0909. The highest BCUT2D eigenvalue weighted by atomic mass is 16.3. The zero-order valence-corrected chi connectivity index (χ0v) is 15.2. The average molecular weight is 360 g/mol. The summed E-state index contributed by atoms with van der Waals surface area (Å²) >= 11 is 0. The van der Waals surface area contributed by atoms with Gasteiger partial charge >= 0.3 is 0 Å². The quantitative estimate of drug-likeness (QED) is 0.666. The summed E-state index contributed by atoms with van der Waals surface area (Å²) in [5, 5.41) is 5.52. The first-order valence-electron chi connectivity index (χ1n) is 8.53. The summed E-state index contributed by atoms with van der Waals surface area (Å²) in [6.07, 6.45) is 3.01. The maximum atomic E-state index is 12.8. The summed E-state index contributed by atoms with van der Waals surface area (Å²) in [7, 11) is 0. The molecule has 1 aromatic heterocycles. The lowest BCUT2D eigenvalue weighted by molar-refractivity contribution is -0.113. The number of rotatable bonds is 5. The highest BCUT2D eigenvalue weighted by Gasteiger charge is 2.16. The number of carbonyl (C=O) groups is 2. The third-order valence-corrected chi connectivity index (χ3v) is 4.00. The molecule has 0 aliphatic rings. The summed E-state index contributed by atoms with van der Waals surface area (Å²) in [6, 6.07) is 18.0. The van der Waals surface area contributed by atoms with Crippen LogP contribution in [0.3, 0.4) is 0 Å². The van der Waals surface area contributed by atoms with Crippen molar-refractivity contribution in [3.63, 3.8) is 0 Å². The molecular formula is C22H20N2O3. The lowest BCUT2D eigenvalue weighted by atomic mass is 10.1. The number of para-hydroxylation sites is 1. The SMILES string of the molecule is Cc1cccc(C(=O)N/C(=C\c2ccco2)C(=O)Nc2ccccc2C)c1. The Morgan fingerprint density at radius 3 is 2.48 bits per heavy atom. The predicted octanol–water partition coefficient (Wildman–Crippen LogP) is 4.31. The number of aryl methyl sites for hydroxylation is 2. The molecule has 0 saturated carbocycles. The zero-order chi connectivity index (χ0) is 19.2. The van der Waals surface area contributed by atoms with Crippen LogP contribution in [0.25, 0.3) is 6.08 Å². The van der Waals surface area contributed by atoms with Gasteiger partial charge in [0.15, 0.2) is 0 Å². The van der Waals surface area contributed by atoms with Crippen molar-refractivity contribution in [2.45, 2.75) is 13.8 Å². The Kier molecular flexibility index (Phi) is 5.52. The molecule has 3 aromatic rings. The van der Waals surface area contributed by atoms with Gasteiger partial charge in [0.05, 0.1) is 6.26 Å². The molecule has 136 valence electrons. The number of amides is 2. The summed E-state index contributed by atoms with van der Waals surface area (Å²) in [5.74, 6) is -0.326. The van der Waals surface area contributed by atoms with Gasteiger partial charge in [-0.3, -0.25) is 9.59 Å². The van der Waals surface area contributed by atoms with E-state index in [0.29, 0.717) is 17.0 Å². The van der Waals surface area contributed by atoms with Crippen LogP contribution >= 0.6 is 0 Å². The maximum absolute atomic E-state index is 12.8. The molecule has 0 aliphatic heterocycles. The van der Waals surface area contributed by atoms with Gasteiger partial charge in [0, 0.05) is 17.3 Å². The molecule has 5 nitrogen and oxygen atoms in total. The van der Waals surface area contributed by atoms with Gasteiger partial charge in [-0.25, -0.2) is 0 Å². The van der Waals surface area contributed by atoms with Gasteiger partial charge in [-0.05, 0) is 49.7 Å². The van der Waals surface area contributed by atoms with Crippen molar-refractivity contribution in [3.05, 3.63) is 95.1 Å². The smallest absolute Gasteiger partial charge is 0.272 e. The third-order valence-electron chi connectivity index (χ3n) is 4.00. The van der Waals surface area contributed by atoms with E-state index in [1.54, 1.807) is 36.4 Å². The van der Waals surface area contributed by atoms with Gasteiger partial charge in [0.25, 0.3) is 11.8 Å². The Hall–Kier alpha value is -3.60. The summed E-state index contributed by atoms with van der Waals surface area (Å²) in [4.78, 5) is 25.4. The van der Waals surface area contributed by atoms with E-state index >= 15 is 0 Å². The summed E-state index contributed by atoms with van der Waals surface area (Å²) in [5.41, 5.74) is 3.14. The van der Waals surface area contributed by atoms with Crippen LogP contribution in [0, 0.1) is 13.8 Å². The van der Waals surface area contributed by atoms with Gasteiger partial charge in [-0.15, -0.1) is 0 Å². The minimum atomic E-state index is -0.429. The number of carbonyl (C=O) groups excluding carboxylic acids is 2. The third kappa shape index (κ3) is 4.73. The number of furan rings is 1. The van der Waals surface area contributed by atoms with E-state index in [1.165, 1.54) is 12.3 Å². The van der Waals surface area contributed by atoms with Crippen molar-refractivity contribution in [2.75, 3.05) is 5.32 Å². The molecule has 3 rings (SSSR count). The average Bonchev–Trinajstić information content (AvgIpc) is 3.16. The van der Waals surface area contributed by atoms with E-state index in [-0.39, 0.29) is 11.6 Å². The molecule has 0 bridgehead atoms. The Morgan fingerprint density at radius 1 is 0.963 bits per heavy atom. The number of benzene rings is 2. The standard InChI is InChI=1S/C22H20N2O3/c1-15-7-5-9-17(13-15)21(25)24-20(14-18-10-6-12-27-18)22(26)23-19-11-4-3-8-16(19)2/h3-14H,1-2H3,(H,23,26)(H,24,25)/b20-14-. The Morgan fingerprint density at radius 2 is 1.78 bits per heavy atom. The van der Waals surface area contributed by atoms with Crippen LogP contribution in [0.5, 0.6) is 0 Å². The lowest BCUT2D eigenvalue weighted by Gasteiger charge is -2.12. The Bertz CT molecular complexity index is 988. The topological polar surface area (TPSA) is 71.3 Å². The molecule has 1 heterocycles. The van der Waals surface area contributed by atoms with Crippen LogP contribution in [-0.4, -0.2) is 11.8 Å². The molecule has 2 amide bonds. The lowest BCUT2D eigenvalue weighted by Crippen LogP contribution is -2.30. The van der Waals surface area contributed by atoms with E-state index in [0.717, 1.165) is 11.1 Å². The van der Waals surface area contributed by atoms with E-state index in [2.05, 4.69) is 10.6 Å². The first kappa shape index (κ1) is 18.2. The molecule has 0 saturated heterocycles. The molecule has 0 atom stereocenters.